The number of rotatable bonds is 3. The van der Waals surface area contributed by atoms with E-state index < -0.39 is 12.1 Å². The largest absolute Gasteiger partial charge is 0.391 e. The fourth-order valence-electron chi connectivity index (χ4n) is 3.41. The predicted molar refractivity (Wildman–Crippen MR) is 70.1 cm³/mol. The second-order valence-electron chi connectivity index (χ2n) is 6.09. The van der Waals surface area contributed by atoms with Gasteiger partial charge in [0, 0.05) is 19.0 Å². The molecule has 0 aromatic rings. The van der Waals surface area contributed by atoms with Crippen LogP contribution in [-0.2, 0) is 4.79 Å². The average molecular weight is 292 g/mol. The number of carbonyl (C=O) groups is 1. The van der Waals surface area contributed by atoms with Crippen molar-refractivity contribution in [2.24, 2.45) is 17.8 Å². The first-order chi connectivity index (χ1) is 9.41. The summed E-state index contributed by atoms with van der Waals surface area (Å²) in [6, 6.07) is 0. The Morgan fingerprint density at radius 2 is 1.85 bits per heavy atom. The van der Waals surface area contributed by atoms with Gasteiger partial charge in [-0.2, -0.15) is 13.2 Å². The number of carbonyl (C=O) groups excluding carboxylic acids is 1. The third-order valence-electron chi connectivity index (χ3n) is 4.63. The van der Waals surface area contributed by atoms with E-state index in [1.54, 1.807) is 0 Å². The summed E-state index contributed by atoms with van der Waals surface area (Å²) in [6.07, 6.45) is -2.13. The number of amides is 1. The lowest BCUT2D eigenvalue weighted by Crippen LogP contribution is -2.38. The van der Waals surface area contributed by atoms with E-state index in [0.29, 0.717) is 18.8 Å². The van der Waals surface area contributed by atoms with Crippen LogP contribution >= 0.6 is 0 Å². The molecule has 0 aromatic heterocycles. The van der Waals surface area contributed by atoms with Gasteiger partial charge in [-0.15, -0.1) is 0 Å². The minimum absolute atomic E-state index is 0.0734. The fourth-order valence-corrected chi connectivity index (χ4v) is 3.41. The number of nitrogens with zero attached hydrogens (tertiary/aromatic N) is 1. The zero-order valence-corrected chi connectivity index (χ0v) is 11.9. The highest BCUT2D eigenvalue weighted by molar-refractivity contribution is 5.79. The molecule has 6 heteroatoms. The van der Waals surface area contributed by atoms with Gasteiger partial charge in [0.15, 0.2) is 0 Å². The molecule has 1 amide bonds. The van der Waals surface area contributed by atoms with E-state index in [1.165, 1.54) is 0 Å². The Balaban J connectivity index is 1.81. The Labute approximate surface area is 117 Å². The fraction of sp³-hybridized carbons (Fsp3) is 0.929. The van der Waals surface area contributed by atoms with Crippen LogP contribution in [0.3, 0.4) is 0 Å². The normalized spacial score (nSPS) is 31.6. The van der Waals surface area contributed by atoms with E-state index in [-0.39, 0.29) is 24.7 Å². The molecule has 2 fully saturated rings. The van der Waals surface area contributed by atoms with Crippen molar-refractivity contribution in [2.75, 3.05) is 26.7 Å². The molecular weight excluding hydrogens is 269 g/mol. The van der Waals surface area contributed by atoms with Gasteiger partial charge in [0.1, 0.15) is 0 Å². The molecule has 0 bridgehead atoms. The summed E-state index contributed by atoms with van der Waals surface area (Å²) in [4.78, 5) is 14.2. The summed E-state index contributed by atoms with van der Waals surface area (Å²) in [6.45, 7) is 2.40. The molecule has 1 saturated heterocycles. The van der Waals surface area contributed by atoms with E-state index in [0.717, 1.165) is 26.1 Å². The lowest BCUT2D eigenvalue weighted by molar-refractivity contribution is -0.185. The lowest BCUT2D eigenvalue weighted by atomic mass is 9.81. The van der Waals surface area contributed by atoms with Crippen LogP contribution in [0.5, 0.6) is 0 Å². The second-order valence-corrected chi connectivity index (χ2v) is 6.09. The van der Waals surface area contributed by atoms with Gasteiger partial charge in [-0.1, -0.05) is 0 Å². The Morgan fingerprint density at radius 3 is 2.40 bits per heavy atom. The zero-order valence-electron chi connectivity index (χ0n) is 11.9. The summed E-state index contributed by atoms with van der Waals surface area (Å²) in [5.41, 5.74) is 0. The van der Waals surface area contributed by atoms with Crippen LogP contribution in [0.2, 0.25) is 0 Å². The quantitative estimate of drug-likeness (QED) is 0.866. The van der Waals surface area contributed by atoms with Crippen molar-refractivity contribution in [1.82, 2.24) is 10.2 Å². The number of halogens is 3. The van der Waals surface area contributed by atoms with E-state index in [9.17, 15) is 18.0 Å². The van der Waals surface area contributed by atoms with Crippen LogP contribution in [0.4, 0.5) is 13.2 Å². The van der Waals surface area contributed by atoms with Crippen LogP contribution in [-0.4, -0.2) is 43.7 Å². The molecule has 1 atom stereocenters. The highest BCUT2D eigenvalue weighted by Crippen LogP contribution is 2.40. The van der Waals surface area contributed by atoms with E-state index in [1.807, 2.05) is 11.9 Å². The van der Waals surface area contributed by atoms with Gasteiger partial charge in [0.25, 0.3) is 0 Å². The molecule has 1 unspecified atom stereocenters. The molecule has 1 heterocycles. The Morgan fingerprint density at radius 1 is 1.20 bits per heavy atom. The van der Waals surface area contributed by atoms with Gasteiger partial charge in [-0.25, -0.2) is 0 Å². The van der Waals surface area contributed by atoms with Crippen molar-refractivity contribution >= 4 is 5.91 Å². The lowest BCUT2D eigenvalue weighted by Gasteiger charge is -2.31. The van der Waals surface area contributed by atoms with E-state index in [2.05, 4.69) is 5.32 Å². The third kappa shape index (κ3) is 3.65. The molecular formula is C14H23F3N2O. The monoisotopic (exact) mass is 292 g/mol. The molecule has 2 rings (SSSR count). The highest BCUT2D eigenvalue weighted by Gasteiger charge is 2.43. The van der Waals surface area contributed by atoms with Gasteiger partial charge in [-0.3, -0.25) is 4.79 Å². The van der Waals surface area contributed by atoms with Crippen LogP contribution in [0.25, 0.3) is 0 Å². The summed E-state index contributed by atoms with van der Waals surface area (Å²) >= 11 is 0. The SMILES string of the molecule is CNCC1CCN(C(=O)C2CCC(C(F)(F)F)CC2)C1. The smallest absolute Gasteiger partial charge is 0.342 e. The maximum absolute atomic E-state index is 12.6. The molecule has 20 heavy (non-hydrogen) atoms. The maximum atomic E-state index is 12.6. The Bertz CT molecular complexity index is 338. The van der Waals surface area contributed by atoms with Gasteiger partial charge >= 0.3 is 6.18 Å². The molecule has 0 aromatic carbocycles. The molecule has 3 nitrogen and oxygen atoms in total. The molecule has 0 radical (unpaired) electrons. The first-order valence-electron chi connectivity index (χ1n) is 7.42. The Kier molecular flexibility index (Phi) is 4.94. The number of hydrogen-bond donors (Lipinski definition) is 1. The standard InChI is InChI=1S/C14H23F3N2O/c1-18-8-10-6-7-19(9-10)13(20)11-2-4-12(5-3-11)14(15,16)17/h10-12,18H,2-9H2,1H3. The number of alkyl halides is 3. The topological polar surface area (TPSA) is 32.3 Å². The van der Waals surface area contributed by atoms with Crippen molar-refractivity contribution in [3.05, 3.63) is 0 Å². The van der Waals surface area contributed by atoms with Gasteiger partial charge in [-0.05, 0) is 51.6 Å². The van der Waals surface area contributed by atoms with Crippen LogP contribution in [0.15, 0.2) is 0 Å². The highest BCUT2D eigenvalue weighted by atomic mass is 19.4. The van der Waals surface area contributed by atoms with Crippen molar-refractivity contribution in [2.45, 2.75) is 38.3 Å². The molecule has 116 valence electrons. The van der Waals surface area contributed by atoms with Crippen molar-refractivity contribution in [3.63, 3.8) is 0 Å². The molecule has 1 saturated carbocycles. The average Bonchev–Trinajstić information content (AvgIpc) is 2.86. The van der Waals surface area contributed by atoms with Crippen LogP contribution < -0.4 is 5.32 Å². The van der Waals surface area contributed by atoms with E-state index in [4.69, 9.17) is 0 Å². The minimum Gasteiger partial charge on any atom is -0.342 e. The first-order valence-corrected chi connectivity index (χ1v) is 7.42. The number of likely N-dealkylation sites (tertiary alicyclic amines) is 1. The van der Waals surface area contributed by atoms with Crippen LogP contribution in [0, 0.1) is 17.8 Å². The zero-order chi connectivity index (χ0) is 14.8. The molecule has 1 aliphatic carbocycles. The maximum Gasteiger partial charge on any atom is 0.391 e. The van der Waals surface area contributed by atoms with E-state index >= 15 is 0 Å². The molecule has 1 aliphatic heterocycles. The van der Waals surface area contributed by atoms with Crippen molar-refractivity contribution in [1.29, 1.82) is 0 Å². The van der Waals surface area contributed by atoms with Gasteiger partial charge in [0.05, 0.1) is 5.92 Å². The third-order valence-corrected chi connectivity index (χ3v) is 4.63. The molecule has 0 spiro atoms. The van der Waals surface area contributed by atoms with Crippen molar-refractivity contribution < 1.29 is 18.0 Å². The summed E-state index contributed by atoms with van der Waals surface area (Å²) in [7, 11) is 1.89. The summed E-state index contributed by atoms with van der Waals surface area (Å²) < 4.78 is 37.8. The second kappa shape index (κ2) is 6.33. The first kappa shape index (κ1) is 15.6. The molecule has 2 aliphatic rings. The summed E-state index contributed by atoms with van der Waals surface area (Å²) in [5.74, 6) is -0.844. The van der Waals surface area contributed by atoms with Crippen molar-refractivity contribution in [3.8, 4) is 0 Å². The van der Waals surface area contributed by atoms with Gasteiger partial charge in [0.2, 0.25) is 5.91 Å². The Hall–Kier alpha value is -0.780. The minimum atomic E-state index is -4.10. The predicted octanol–water partition coefficient (Wildman–Crippen LogP) is 2.42. The van der Waals surface area contributed by atoms with Gasteiger partial charge < -0.3 is 10.2 Å². The van der Waals surface area contributed by atoms with Crippen LogP contribution in [0.1, 0.15) is 32.1 Å². The summed E-state index contributed by atoms with van der Waals surface area (Å²) in [5, 5.41) is 3.11. The number of nitrogens with one attached hydrogen (secondary N) is 1. The molecule has 1 N–H and O–H groups in total. The number of hydrogen-bond acceptors (Lipinski definition) is 2.